The third-order valence-corrected chi connectivity index (χ3v) is 3.40. The van der Waals surface area contributed by atoms with Crippen LogP contribution < -0.4 is 10.6 Å². The highest BCUT2D eigenvalue weighted by Gasteiger charge is 2.06. The number of aromatic nitrogens is 1. The van der Waals surface area contributed by atoms with Gasteiger partial charge in [0.25, 0.3) is 0 Å². The van der Waals surface area contributed by atoms with E-state index in [1.165, 1.54) is 6.07 Å². The maximum Gasteiger partial charge on any atom is 0.191 e. The first-order chi connectivity index (χ1) is 11.6. The SMILES string of the molecule is CCNC(=NCc1cc(CC)no1)NCCc1cc(F)ccc1F.I. The standard InChI is InChI=1S/C17H22F2N4O.HI/c1-3-14-10-15(24-23-14)11-22-17(20-4-2)21-8-7-12-9-13(18)5-6-16(12)19;/h5-6,9-10H,3-4,7-8,11H2,1-2H3,(H2,20,21,22);1H. The summed E-state index contributed by atoms with van der Waals surface area (Å²) >= 11 is 0. The zero-order chi connectivity index (χ0) is 17.4. The molecule has 0 saturated carbocycles. The topological polar surface area (TPSA) is 62.5 Å². The lowest BCUT2D eigenvalue weighted by molar-refractivity contribution is 0.379. The van der Waals surface area contributed by atoms with Crippen LogP contribution in [0.5, 0.6) is 0 Å². The molecule has 2 rings (SSSR count). The first-order valence-corrected chi connectivity index (χ1v) is 8.03. The predicted octanol–water partition coefficient (Wildman–Crippen LogP) is 3.43. The molecule has 0 spiro atoms. The molecule has 0 bridgehead atoms. The number of nitrogens with zero attached hydrogens (tertiary/aromatic N) is 2. The number of benzene rings is 1. The molecule has 0 amide bonds. The molecule has 2 aromatic rings. The van der Waals surface area contributed by atoms with Crippen molar-refractivity contribution in [1.29, 1.82) is 0 Å². The molecule has 0 aliphatic carbocycles. The average molecular weight is 464 g/mol. The fourth-order valence-corrected chi connectivity index (χ4v) is 2.15. The van der Waals surface area contributed by atoms with Gasteiger partial charge in [-0.25, -0.2) is 13.8 Å². The van der Waals surface area contributed by atoms with Gasteiger partial charge >= 0.3 is 0 Å². The fraction of sp³-hybridized carbons (Fsp3) is 0.412. The summed E-state index contributed by atoms with van der Waals surface area (Å²) in [5.41, 5.74) is 1.22. The van der Waals surface area contributed by atoms with Crippen LogP contribution in [0.25, 0.3) is 0 Å². The molecule has 0 unspecified atom stereocenters. The summed E-state index contributed by atoms with van der Waals surface area (Å²) in [7, 11) is 0. The van der Waals surface area contributed by atoms with Gasteiger partial charge < -0.3 is 15.2 Å². The maximum absolute atomic E-state index is 13.6. The summed E-state index contributed by atoms with van der Waals surface area (Å²) in [5, 5.41) is 10.1. The van der Waals surface area contributed by atoms with Gasteiger partial charge in [0.1, 0.15) is 18.2 Å². The molecule has 0 atom stereocenters. The Morgan fingerprint density at radius 1 is 1.20 bits per heavy atom. The maximum atomic E-state index is 13.6. The second kappa shape index (κ2) is 11.0. The van der Waals surface area contributed by atoms with Gasteiger partial charge in [0.05, 0.1) is 5.69 Å². The largest absolute Gasteiger partial charge is 0.359 e. The molecule has 1 aromatic heterocycles. The van der Waals surface area contributed by atoms with Crippen molar-refractivity contribution < 1.29 is 13.3 Å². The molecule has 1 aromatic carbocycles. The van der Waals surface area contributed by atoms with Crippen LogP contribution in [-0.4, -0.2) is 24.2 Å². The van der Waals surface area contributed by atoms with E-state index in [0.717, 1.165) is 24.2 Å². The molecular weight excluding hydrogens is 441 g/mol. The predicted molar refractivity (Wildman–Crippen MR) is 104 cm³/mol. The lowest BCUT2D eigenvalue weighted by Gasteiger charge is -2.11. The summed E-state index contributed by atoms with van der Waals surface area (Å²) in [4.78, 5) is 4.40. The molecule has 0 radical (unpaired) electrons. The van der Waals surface area contributed by atoms with Gasteiger partial charge in [0, 0.05) is 19.2 Å². The van der Waals surface area contributed by atoms with Crippen molar-refractivity contribution in [1.82, 2.24) is 15.8 Å². The smallest absolute Gasteiger partial charge is 0.191 e. The number of aliphatic imine (C=N–C) groups is 1. The Kier molecular flexibility index (Phi) is 9.40. The van der Waals surface area contributed by atoms with E-state index < -0.39 is 11.6 Å². The molecule has 25 heavy (non-hydrogen) atoms. The van der Waals surface area contributed by atoms with Crippen molar-refractivity contribution in [3.05, 3.63) is 52.9 Å². The van der Waals surface area contributed by atoms with Crippen molar-refractivity contribution >= 4 is 29.9 Å². The molecule has 138 valence electrons. The van der Waals surface area contributed by atoms with Gasteiger partial charge in [-0.05, 0) is 43.5 Å². The second-order valence-corrected chi connectivity index (χ2v) is 5.25. The Morgan fingerprint density at radius 3 is 2.68 bits per heavy atom. The summed E-state index contributed by atoms with van der Waals surface area (Å²) in [6.07, 6.45) is 1.17. The third-order valence-electron chi connectivity index (χ3n) is 3.40. The van der Waals surface area contributed by atoms with E-state index in [1.54, 1.807) is 0 Å². The highest BCUT2D eigenvalue weighted by Crippen LogP contribution is 2.10. The van der Waals surface area contributed by atoms with Gasteiger partial charge in [-0.1, -0.05) is 12.1 Å². The van der Waals surface area contributed by atoms with Crippen LogP contribution >= 0.6 is 24.0 Å². The Bertz CT molecular complexity index is 691. The molecule has 0 fully saturated rings. The van der Waals surface area contributed by atoms with Crippen LogP contribution in [0.3, 0.4) is 0 Å². The van der Waals surface area contributed by atoms with Crippen molar-refractivity contribution in [2.24, 2.45) is 4.99 Å². The van der Waals surface area contributed by atoms with Crippen LogP contribution in [0.15, 0.2) is 33.8 Å². The van der Waals surface area contributed by atoms with E-state index >= 15 is 0 Å². The van der Waals surface area contributed by atoms with E-state index in [4.69, 9.17) is 4.52 Å². The Morgan fingerprint density at radius 2 is 2.00 bits per heavy atom. The summed E-state index contributed by atoms with van der Waals surface area (Å²) in [6.45, 7) is 5.44. The molecule has 0 aliphatic rings. The minimum absolute atomic E-state index is 0. The third kappa shape index (κ3) is 6.97. The Balaban J connectivity index is 0.00000312. The van der Waals surface area contributed by atoms with Crippen LogP contribution in [-0.2, 0) is 19.4 Å². The summed E-state index contributed by atoms with van der Waals surface area (Å²) in [6, 6.07) is 5.33. The van der Waals surface area contributed by atoms with Crippen molar-refractivity contribution in [3.63, 3.8) is 0 Å². The highest BCUT2D eigenvalue weighted by molar-refractivity contribution is 14.0. The second-order valence-electron chi connectivity index (χ2n) is 5.25. The zero-order valence-electron chi connectivity index (χ0n) is 14.3. The van der Waals surface area contributed by atoms with Gasteiger partial charge in [0.15, 0.2) is 11.7 Å². The minimum Gasteiger partial charge on any atom is -0.359 e. The van der Waals surface area contributed by atoms with Gasteiger partial charge in [-0.15, -0.1) is 24.0 Å². The van der Waals surface area contributed by atoms with E-state index in [-0.39, 0.29) is 24.0 Å². The Hall–Kier alpha value is -1.71. The van der Waals surface area contributed by atoms with Crippen LogP contribution in [0.1, 0.15) is 30.9 Å². The van der Waals surface area contributed by atoms with Crippen LogP contribution in [0, 0.1) is 11.6 Å². The molecular formula is C17H23F2IN4O. The lowest BCUT2D eigenvalue weighted by Crippen LogP contribution is -2.38. The average Bonchev–Trinajstić information content (AvgIpc) is 3.04. The number of guanidine groups is 1. The van der Waals surface area contributed by atoms with Crippen molar-refractivity contribution in [2.45, 2.75) is 33.2 Å². The minimum atomic E-state index is -0.441. The quantitative estimate of drug-likeness (QED) is 0.375. The lowest BCUT2D eigenvalue weighted by atomic mass is 10.1. The highest BCUT2D eigenvalue weighted by atomic mass is 127. The number of halogens is 3. The normalized spacial score (nSPS) is 11.1. The van der Waals surface area contributed by atoms with Gasteiger partial charge in [-0.3, -0.25) is 0 Å². The molecule has 1 heterocycles. The summed E-state index contributed by atoms with van der Waals surface area (Å²) in [5.74, 6) is 0.418. The fourth-order valence-electron chi connectivity index (χ4n) is 2.15. The van der Waals surface area contributed by atoms with E-state index in [9.17, 15) is 8.78 Å². The Labute approximate surface area is 163 Å². The molecule has 8 heteroatoms. The summed E-state index contributed by atoms with van der Waals surface area (Å²) < 4.78 is 31.9. The molecule has 0 saturated heterocycles. The number of nitrogens with one attached hydrogen (secondary N) is 2. The number of rotatable bonds is 7. The monoisotopic (exact) mass is 464 g/mol. The van der Waals surface area contributed by atoms with Gasteiger partial charge in [0.2, 0.25) is 0 Å². The van der Waals surface area contributed by atoms with E-state index in [2.05, 4.69) is 20.8 Å². The van der Waals surface area contributed by atoms with Crippen molar-refractivity contribution in [3.8, 4) is 0 Å². The molecule has 2 N–H and O–H groups in total. The number of aryl methyl sites for hydroxylation is 1. The van der Waals surface area contributed by atoms with E-state index in [1.807, 2.05) is 19.9 Å². The first-order valence-electron chi connectivity index (χ1n) is 8.03. The van der Waals surface area contributed by atoms with Crippen LogP contribution in [0.4, 0.5) is 8.78 Å². The number of hydrogen-bond donors (Lipinski definition) is 2. The van der Waals surface area contributed by atoms with Gasteiger partial charge in [-0.2, -0.15) is 0 Å². The zero-order valence-corrected chi connectivity index (χ0v) is 16.6. The first kappa shape index (κ1) is 21.3. The van der Waals surface area contributed by atoms with E-state index in [0.29, 0.717) is 43.3 Å². The number of hydrogen-bond acceptors (Lipinski definition) is 3. The van der Waals surface area contributed by atoms with Crippen molar-refractivity contribution in [2.75, 3.05) is 13.1 Å². The molecule has 5 nitrogen and oxygen atoms in total. The molecule has 0 aliphatic heterocycles. The van der Waals surface area contributed by atoms with Crippen LogP contribution in [0.2, 0.25) is 0 Å².